The van der Waals surface area contributed by atoms with Gasteiger partial charge in [-0.05, 0) is 13.3 Å². The Morgan fingerprint density at radius 1 is 1.67 bits per heavy atom. The van der Waals surface area contributed by atoms with E-state index < -0.39 is 4.92 Å². The molecule has 18 heavy (non-hydrogen) atoms. The summed E-state index contributed by atoms with van der Waals surface area (Å²) in [4.78, 5) is 17.9. The van der Waals surface area contributed by atoms with Crippen molar-refractivity contribution in [3.05, 3.63) is 16.3 Å². The lowest BCUT2D eigenvalue weighted by Crippen LogP contribution is -2.20. The monoisotopic (exact) mass is 256 g/mol. The molecular weight excluding hydrogens is 240 g/mol. The summed E-state index contributed by atoms with van der Waals surface area (Å²) in [6.07, 6.45) is 1.80. The second kappa shape index (κ2) is 6.67. The molecule has 0 saturated heterocycles. The Hall–Kier alpha value is -2.00. The molecule has 0 spiro atoms. The van der Waals surface area contributed by atoms with Gasteiger partial charge in [0.25, 0.3) is 0 Å². The quantitative estimate of drug-likeness (QED) is 0.365. The maximum absolute atomic E-state index is 10.8. The summed E-state index contributed by atoms with van der Waals surface area (Å²) >= 11 is 0. The number of aromatic nitrogens is 2. The van der Waals surface area contributed by atoms with Crippen molar-refractivity contribution in [3.8, 4) is 0 Å². The van der Waals surface area contributed by atoms with E-state index in [0.29, 0.717) is 13.0 Å². The summed E-state index contributed by atoms with van der Waals surface area (Å²) < 4.78 is 4.93. The third-order valence-corrected chi connectivity index (χ3v) is 2.23. The molecule has 0 saturated carbocycles. The normalized spacial score (nSPS) is 11.9. The number of hydrogen-bond donors (Lipinski definition) is 3. The van der Waals surface area contributed by atoms with Crippen molar-refractivity contribution in [1.82, 2.24) is 9.97 Å². The molecule has 4 N–H and O–H groups in total. The van der Waals surface area contributed by atoms with Crippen LogP contribution in [0.25, 0.3) is 0 Å². The van der Waals surface area contributed by atoms with E-state index in [0.717, 1.165) is 6.20 Å². The maximum atomic E-state index is 10.8. The third-order valence-electron chi connectivity index (χ3n) is 2.23. The lowest BCUT2D eigenvalue weighted by Gasteiger charge is -2.14. The fourth-order valence-electron chi connectivity index (χ4n) is 1.29. The van der Waals surface area contributed by atoms with Gasteiger partial charge in [0, 0.05) is 19.8 Å². The minimum absolute atomic E-state index is 0.0239. The molecule has 9 heteroatoms. The van der Waals surface area contributed by atoms with Crippen LogP contribution in [0, 0.1) is 10.1 Å². The average Bonchev–Trinajstić information content (AvgIpc) is 2.35. The van der Waals surface area contributed by atoms with Gasteiger partial charge in [0.15, 0.2) is 0 Å². The SMILES string of the molecule is COCCC(C)Nc1nc(NN)ncc1[N+](=O)[O-]. The van der Waals surface area contributed by atoms with Crippen molar-refractivity contribution in [2.24, 2.45) is 5.84 Å². The molecular formula is C9H16N6O3. The first-order chi connectivity index (χ1) is 8.58. The van der Waals surface area contributed by atoms with Gasteiger partial charge in [-0.15, -0.1) is 0 Å². The van der Waals surface area contributed by atoms with E-state index in [2.05, 4.69) is 20.7 Å². The zero-order valence-electron chi connectivity index (χ0n) is 10.2. The van der Waals surface area contributed by atoms with Gasteiger partial charge >= 0.3 is 5.69 Å². The fraction of sp³-hybridized carbons (Fsp3) is 0.556. The number of nitrogens with one attached hydrogen (secondary N) is 2. The summed E-state index contributed by atoms with van der Waals surface area (Å²) in [6, 6.07) is -0.0239. The van der Waals surface area contributed by atoms with E-state index in [-0.39, 0.29) is 23.5 Å². The van der Waals surface area contributed by atoms with Gasteiger partial charge in [-0.3, -0.25) is 15.5 Å². The van der Waals surface area contributed by atoms with Crippen LogP contribution < -0.4 is 16.6 Å². The molecule has 1 atom stereocenters. The molecule has 0 fully saturated rings. The van der Waals surface area contributed by atoms with Crippen molar-refractivity contribution >= 4 is 17.5 Å². The molecule has 0 radical (unpaired) electrons. The fourth-order valence-corrected chi connectivity index (χ4v) is 1.29. The summed E-state index contributed by atoms with van der Waals surface area (Å²) in [7, 11) is 1.59. The summed E-state index contributed by atoms with van der Waals surface area (Å²) in [5.74, 6) is 5.41. The van der Waals surface area contributed by atoms with E-state index in [1.54, 1.807) is 7.11 Å². The van der Waals surface area contributed by atoms with E-state index in [1.165, 1.54) is 0 Å². The number of nitrogen functional groups attached to an aromatic ring is 1. The standard InChI is InChI=1S/C9H16N6O3/c1-6(3-4-18-2)12-8-7(15(16)17)5-11-9(13-8)14-10/h5-6H,3-4,10H2,1-2H3,(H2,11,12,13,14). The molecule has 1 heterocycles. The first-order valence-electron chi connectivity index (χ1n) is 5.32. The highest BCUT2D eigenvalue weighted by atomic mass is 16.6. The Balaban J connectivity index is 2.86. The third kappa shape index (κ3) is 3.79. The predicted molar refractivity (Wildman–Crippen MR) is 66.1 cm³/mol. The van der Waals surface area contributed by atoms with E-state index in [4.69, 9.17) is 10.6 Å². The van der Waals surface area contributed by atoms with Gasteiger partial charge in [0.05, 0.1) is 4.92 Å². The molecule has 0 amide bonds. The number of rotatable bonds is 7. The molecule has 1 unspecified atom stereocenters. The number of anilines is 2. The van der Waals surface area contributed by atoms with Crippen LogP contribution >= 0.6 is 0 Å². The van der Waals surface area contributed by atoms with Crippen molar-refractivity contribution in [1.29, 1.82) is 0 Å². The topological polar surface area (TPSA) is 128 Å². The molecule has 100 valence electrons. The number of nitrogens with two attached hydrogens (primary N) is 1. The number of methoxy groups -OCH3 is 1. The largest absolute Gasteiger partial charge is 0.385 e. The van der Waals surface area contributed by atoms with Crippen molar-refractivity contribution < 1.29 is 9.66 Å². The molecule has 0 aromatic carbocycles. The first-order valence-corrected chi connectivity index (χ1v) is 5.32. The van der Waals surface area contributed by atoms with Crippen LogP contribution in [0.15, 0.2) is 6.20 Å². The zero-order chi connectivity index (χ0) is 13.5. The van der Waals surface area contributed by atoms with E-state index in [1.807, 2.05) is 6.92 Å². The van der Waals surface area contributed by atoms with Gasteiger partial charge in [0.1, 0.15) is 6.20 Å². The molecule has 0 aliphatic heterocycles. The van der Waals surface area contributed by atoms with Gasteiger partial charge < -0.3 is 10.1 Å². The number of nitrogens with zero attached hydrogens (tertiary/aromatic N) is 3. The predicted octanol–water partition coefficient (Wildman–Crippen LogP) is 0.507. The zero-order valence-corrected chi connectivity index (χ0v) is 10.2. The van der Waals surface area contributed by atoms with Crippen LogP contribution in [-0.4, -0.2) is 34.6 Å². The lowest BCUT2D eigenvalue weighted by atomic mass is 10.2. The molecule has 1 aromatic rings. The molecule has 0 bridgehead atoms. The van der Waals surface area contributed by atoms with Gasteiger partial charge in [-0.25, -0.2) is 10.8 Å². The maximum Gasteiger partial charge on any atom is 0.329 e. The number of hydrogen-bond acceptors (Lipinski definition) is 8. The highest BCUT2D eigenvalue weighted by Gasteiger charge is 2.18. The Labute approximate surface area is 104 Å². The Bertz CT molecular complexity index is 413. The van der Waals surface area contributed by atoms with Crippen molar-refractivity contribution in [3.63, 3.8) is 0 Å². The van der Waals surface area contributed by atoms with Crippen LogP contribution in [0.3, 0.4) is 0 Å². The molecule has 1 aromatic heterocycles. The summed E-state index contributed by atoms with van der Waals surface area (Å²) in [6.45, 7) is 2.43. The molecule has 0 aliphatic rings. The first kappa shape index (κ1) is 14.1. The van der Waals surface area contributed by atoms with Crippen molar-refractivity contribution in [2.75, 3.05) is 24.5 Å². The summed E-state index contributed by atoms with van der Waals surface area (Å²) in [5, 5.41) is 13.8. The minimum atomic E-state index is -0.550. The number of ether oxygens (including phenoxy) is 1. The highest BCUT2D eigenvalue weighted by Crippen LogP contribution is 2.22. The van der Waals surface area contributed by atoms with Crippen LogP contribution in [-0.2, 0) is 4.74 Å². The number of hydrazine groups is 1. The Morgan fingerprint density at radius 3 is 2.94 bits per heavy atom. The van der Waals surface area contributed by atoms with Crippen LogP contribution in [0.2, 0.25) is 0 Å². The molecule has 1 rings (SSSR count). The van der Waals surface area contributed by atoms with Crippen LogP contribution in [0.5, 0.6) is 0 Å². The molecule has 0 aliphatic carbocycles. The second-order valence-corrected chi connectivity index (χ2v) is 3.66. The number of nitro groups is 1. The van der Waals surface area contributed by atoms with Gasteiger partial charge in [-0.1, -0.05) is 0 Å². The average molecular weight is 256 g/mol. The lowest BCUT2D eigenvalue weighted by molar-refractivity contribution is -0.384. The van der Waals surface area contributed by atoms with Crippen LogP contribution in [0.4, 0.5) is 17.5 Å². The minimum Gasteiger partial charge on any atom is -0.385 e. The van der Waals surface area contributed by atoms with Crippen molar-refractivity contribution in [2.45, 2.75) is 19.4 Å². The summed E-state index contributed by atoms with van der Waals surface area (Å²) in [5.41, 5.74) is 2.04. The smallest absolute Gasteiger partial charge is 0.329 e. The highest BCUT2D eigenvalue weighted by molar-refractivity contribution is 5.57. The molecule has 9 nitrogen and oxygen atoms in total. The van der Waals surface area contributed by atoms with Gasteiger partial charge in [0.2, 0.25) is 11.8 Å². The Kier molecular flexibility index (Phi) is 5.21. The van der Waals surface area contributed by atoms with E-state index >= 15 is 0 Å². The second-order valence-electron chi connectivity index (χ2n) is 3.66. The van der Waals surface area contributed by atoms with E-state index in [9.17, 15) is 10.1 Å². The van der Waals surface area contributed by atoms with Crippen LogP contribution in [0.1, 0.15) is 13.3 Å². The van der Waals surface area contributed by atoms with Gasteiger partial charge in [-0.2, -0.15) is 4.98 Å². The Morgan fingerprint density at radius 2 is 2.39 bits per heavy atom.